The Bertz CT molecular complexity index is 1630. The molecular weight excluding hydrogens is 616 g/mol. The van der Waals surface area contributed by atoms with Gasteiger partial charge in [0, 0.05) is 47.9 Å². The van der Waals surface area contributed by atoms with Crippen LogP contribution in [0.3, 0.4) is 0 Å². The van der Waals surface area contributed by atoms with E-state index in [1.54, 1.807) is 38.5 Å². The van der Waals surface area contributed by atoms with Crippen LogP contribution in [-0.2, 0) is 9.59 Å². The first-order valence-corrected chi connectivity index (χ1v) is 15.6. The van der Waals surface area contributed by atoms with E-state index in [9.17, 15) is 19.8 Å². The van der Waals surface area contributed by atoms with Gasteiger partial charge in [-0.05, 0) is 73.5 Å². The number of hydrogen-bond acceptors (Lipinski definition) is 10. The van der Waals surface area contributed by atoms with Crippen LogP contribution in [0.5, 0.6) is 34.5 Å². The van der Waals surface area contributed by atoms with Gasteiger partial charge in [-0.2, -0.15) is 0 Å². The molecule has 2 heterocycles. The lowest BCUT2D eigenvalue weighted by molar-refractivity contribution is -0.132. The quantitative estimate of drug-likeness (QED) is 0.181. The average molecular weight is 657 g/mol. The van der Waals surface area contributed by atoms with Gasteiger partial charge in [0.1, 0.15) is 34.5 Å². The molecule has 4 atom stereocenters. The zero-order valence-electron chi connectivity index (χ0n) is 27.8. The van der Waals surface area contributed by atoms with Crippen molar-refractivity contribution in [3.63, 3.8) is 0 Å². The number of methoxy groups -OCH3 is 2. The van der Waals surface area contributed by atoms with Crippen LogP contribution in [0.15, 0.2) is 72.8 Å². The number of aliphatic hydroxyl groups excluding tert-OH is 2. The summed E-state index contributed by atoms with van der Waals surface area (Å²) in [5.41, 5.74) is 4.81. The fourth-order valence-electron chi connectivity index (χ4n) is 5.99. The lowest BCUT2D eigenvalue weighted by Gasteiger charge is -2.32. The van der Waals surface area contributed by atoms with Crippen LogP contribution in [0.1, 0.15) is 71.3 Å². The highest BCUT2D eigenvalue weighted by Gasteiger charge is 2.34. The SMILES string of the molecule is COc1ccc(C2COc3c(ccc(OC(C)=O)c3C)C2O)cc1.COc1ccc(C2COc3c(ccc(OC(C)=O)c3C)C2O)cc1. The Hall–Kier alpha value is -5.06. The van der Waals surface area contributed by atoms with Crippen molar-refractivity contribution in [2.24, 2.45) is 0 Å². The largest absolute Gasteiger partial charge is 0.497 e. The predicted octanol–water partition coefficient (Wildman–Crippen LogP) is 6.28. The van der Waals surface area contributed by atoms with Crippen molar-refractivity contribution >= 4 is 11.9 Å². The first-order valence-electron chi connectivity index (χ1n) is 15.6. The summed E-state index contributed by atoms with van der Waals surface area (Å²) in [4.78, 5) is 22.3. The molecule has 0 fully saturated rings. The Kier molecular flexibility index (Phi) is 10.6. The summed E-state index contributed by atoms with van der Waals surface area (Å²) >= 11 is 0. The Morgan fingerprint density at radius 1 is 0.604 bits per heavy atom. The molecule has 2 N–H and O–H groups in total. The van der Waals surface area contributed by atoms with Gasteiger partial charge < -0.3 is 38.6 Å². The maximum absolute atomic E-state index is 11.2. The molecule has 0 aliphatic carbocycles. The minimum atomic E-state index is -0.688. The number of carbonyl (C=O) groups is 2. The molecule has 4 unspecified atom stereocenters. The Morgan fingerprint density at radius 2 is 0.958 bits per heavy atom. The second-order valence-corrected chi connectivity index (χ2v) is 11.7. The van der Waals surface area contributed by atoms with E-state index in [0.717, 1.165) is 33.8 Å². The van der Waals surface area contributed by atoms with E-state index in [2.05, 4.69) is 0 Å². The fraction of sp³-hybridized carbons (Fsp3) is 0.316. The summed E-state index contributed by atoms with van der Waals surface area (Å²) in [6.07, 6.45) is -1.38. The smallest absolute Gasteiger partial charge is 0.308 e. The normalized spacial score (nSPS) is 19.2. The summed E-state index contributed by atoms with van der Waals surface area (Å²) in [5, 5.41) is 21.6. The van der Waals surface area contributed by atoms with E-state index in [-0.39, 0.29) is 23.8 Å². The highest BCUT2D eigenvalue weighted by molar-refractivity contribution is 5.71. The van der Waals surface area contributed by atoms with E-state index in [0.29, 0.717) is 47.3 Å². The van der Waals surface area contributed by atoms with Gasteiger partial charge in [0.25, 0.3) is 0 Å². The molecule has 0 saturated heterocycles. The van der Waals surface area contributed by atoms with Gasteiger partial charge in [-0.1, -0.05) is 24.3 Å². The van der Waals surface area contributed by atoms with E-state index in [4.69, 9.17) is 28.4 Å². The predicted molar refractivity (Wildman–Crippen MR) is 177 cm³/mol. The molecule has 10 nitrogen and oxygen atoms in total. The van der Waals surface area contributed by atoms with Crippen LogP contribution in [0.4, 0.5) is 0 Å². The van der Waals surface area contributed by atoms with E-state index in [1.165, 1.54) is 13.8 Å². The molecule has 0 amide bonds. The molecular formula is C38H40O10. The highest BCUT2D eigenvalue weighted by atomic mass is 16.5. The molecule has 2 aliphatic rings. The Labute approximate surface area is 279 Å². The van der Waals surface area contributed by atoms with Crippen molar-refractivity contribution in [3.05, 3.63) is 106 Å². The van der Waals surface area contributed by atoms with Gasteiger partial charge in [-0.15, -0.1) is 0 Å². The van der Waals surface area contributed by atoms with E-state index in [1.807, 2.05) is 62.4 Å². The number of carbonyl (C=O) groups excluding carboxylic acids is 2. The minimum Gasteiger partial charge on any atom is -0.497 e. The van der Waals surface area contributed by atoms with Gasteiger partial charge in [0.05, 0.1) is 39.6 Å². The van der Waals surface area contributed by atoms with Crippen molar-refractivity contribution in [2.75, 3.05) is 27.4 Å². The zero-order valence-corrected chi connectivity index (χ0v) is 27.8. The van der Waals surface area contributed by atoms with Gasteiger partial charge in [0.15, 0.2) is 0 Å². The Balaban J connectivity index is 0.000000188. The molecule has 0 aromatic heterocycles. The first kappa shape index (κ1) is 34.3. The van der Waals surface area contributed by atoms with Crippen LogP contribution in [-0.4, -0.2) is 49.6 Å². The zero-order chi connectivity index (χ0) is 34.5. The molecule has 252 valence electrons. The number of ether oxygens (including phenoxy) is 6. The highest BCUT2D eigenvalue weighted by Crippen LogP contribution is 2.46. The standard InChI is InChI=1S/2C19H20O5/c2*1-11-17(24-12(2)20)9-8-15-18(21)16(10-23-19(11)15)13-4-6-14(22-3)7-5-13/h2*4-9,16,18,21H,10H2,1-3H3. The number of fused-ring (bicyclic) bond motifs is 2. The summed E-state index contributed by atoms with van der Waals surface area (Å²) in [7, 11) is 3.24. The van der Waals surface area contributed by atoms with Crippen LogP contribution in [0, 0.1) is 13.8 Å². The molecule has 4 aromatic rings. The summed E-state index contributed by atoms with van der Waals surface area (Å²) < 4.78 is 32.4. The van der Waals surface area contributed by atoms with Gasteiger partial charge in [0.2, 0.25) is 0 Å². The lowest BCUT2D eigenvalue weighted by Crippen LogP contribution is -2.25. The average Bonchev–Trinajstić information content (AvgIpc) is 3.08. The fourth-order valence-corrected chi connectivity index (χ4v) is 5.99. The second-order valence-electron chi connectivity index (χ2n) is 11.7. The van der Waals surface area contributed by atoms with Crippen molar-refractivity contribution in [3.8, 4) is 34.5 Å². The molecule has 0 spiro atoms. The van der Waals surface area contributed by atoms with E-state index >= 15 is 0 Å². The number of aliphatic hydroxyl groups is 2. The minimum absolute atomic E-state index is 0.164. The van der Waals surface area contributed by atoms with Crippen LogP contribution in [0.25, 0.3) is 0 Å². The van der Waals surface area contributed by atoms with E-state index < -0.39 is 12.2 Å². The summed E-state index contributed by atoms with van der Waals surface area (Å²) in [5.74, 6) is 2.53. The lowest BCUT2D eigenvalue weighted by atomic mass is 9.86. The van der Waals surface area contributed by atoms with Gasteiger partial charge in [-0.25, -0.2) is 0 Å². The molecule has 10 heteroatoms. The van der Waals surface area contributed by atoms with Crippen LogP contribution < -0.4 is 28.4 Å². The molecule has 0 saturated carbocycles. The first-order chi connectivity index (χ1) is 23.0. The summed E-state index contributed by atoms with van der Waals surface area (Å²) in [6, 6.07) is 22.1. The maximum atomic E-state index is 11.2. The third kappa shape index (κ3) is 7.25. The Morgan fingerprint density at radius 3 is 1.27 bits per heavy atom. The van der Waals surface area contributed by atoms with Crippen molar-refractivity contribution in [2.45, 2.75) is 51.7 Å². The molecule has 4 aromatic carbocycles. The van der Waals surface area contributed by atoms with Gasteiger partial charge in [-0.3, -0.25) is 9.59 Å². The number of hydrogen-bond donors (Lipinski definition) is 2. The monoisotopic (exact) mass is 656 g/mol. The number of rotatable bonds is 6. The topological polar surface area (TPSA) is 130 Å². The second kappa shape index (κ2) is 14.8. The van der Waals surface area contributed by atoms with Crippen LogP contribution in [0.2, 0.25) is 0 Å². The van der Waals surface area contributed by atoms with Crippen molar-refractivity contribution < 1.29 is 48.2 Å². The molecule has 0 radical (unpaired) electrons. The summed E-state index contributed by atoms with van der Waals surface area (Å²) in [6.45, 7) is 7.05. The van der Waals surface area contributed by atoms with Crippen molar-refractivity contribution in [1.29, 1.82) is 0 Å². The maximum Gasteiger partial charge on any atom is 0.308 e. The number of benzene rings is 4. The molecule has 0 bridgehead atoms. The van der Waals surface area contributed by atoms with Gasteiger partial charge >= 0.3 is 11.9 Å². The molecule has 2 aliphatic heterocycles. The van der Waals surface area contributed by atoms with Crippen LogP contribution >= 0.6 is 0 Å². The molecule has 6 rings (SSSR count). The third-order valence-electron chi connectivity index (χ3n) is 8.58. The number of esters is 2. The van der Waals surface area contributed by atoms with Crippen molar-refractivity contribution in [1.82, 2.24) is 0 Å². The third-order valence-corrected chi connectivity index (χ3v) is 8.58. The molecule has 48 heavy (non-hydrogen) atoms.